The number of hydrazine groups is 1. The molecule has 0 aromatic rings. The van der Waals surface area contributed by atoms with Crippen LogP contribution in [0.5, 0.6) is 0 Å². The van der Waals surface area contributed by atoms with Crippen LogP contribution in [-0.2, 0) is 4.74 Å². The third kappa shape index (κ3) is 9.50. The quantitative estimate of drug-likeness (QED) is 0.237. The van der Waals surface area contributed by atoms with Gasteiger partial charge in [-0.05, 0) is 6.42 Å². The molecule has 0 bridgehead atoms. The highest BCUT2D eigenvalue weighted by Crippen LogP contribution is 2.22. The molecule has 0 radical (unpaired) electrons. The van der Waals surface area contributed by atoms with Gasteiger partial charge in [-0.1, -0.05) is 45.4 Å². The zero-order chi connectivity index (χ0) is 15.4. The van der Waals surface area contributed by atoms with E-state index in [9.17, 15) is 17.6 Å². The van der Waals surface area contributed by atoms with E-state index in [1.165, 1.54) is 19.3 Å². The first-order chi connectivity index (χ1) is 9.44. The van der Waals surface area contributed by atoms with Gasteiger partial charge in [-0.15, -0.1) is 0 Å². The van der Waals surface area contributed by atoms with Gasteiger partial charge in [0.05, 0.1) is 6.61 Å². The zero-order valence-electron chi connectivity index (χ0n) is 12.0. The Morgan fingerprint density at radius 3 is 2.25 bits per heavy atom. The first-order valence-electron chi connectivity index (χ1n) is 7.13. The van der Waals surface area contributed by atoms with Crippen molar-refractivity contribution in [3.8, 4) is 0 Å². The van der Waals surface area contributed by atoms with Crippen molar-refractivity contribution >= 4 is 0 Å². The van der Waals surface area contributed by atoms with Gasteiger partial charge < -0.3 is 4.74 Å². The minimum absolute atomic E-state index is 0.0895. The van der Waals surface area contributed by atoms with Crippen LogP contribution >= 0.6 is 0 Å². The van der Waals surface area contributed by atoms with E-state index in [2.05, 4.69) is 17.1 Å². The average Bonchev–Trinajstić information content (AvgIpc) is 2.40. The SMILES string of the molecule is CCCCCCCCC(COCC(F)(F)C(F)F)NN. The Kier molecular flexibility index (Phi) is 11.1. The number of nitrogens with two attached hydrogens (primary N) is 1. The van der Waals surface area contributed by atoms with Crippen LogP contribution in [0.3, 0.4) is 0 Å². The first kappa shape index (κ1) is 19.6. The summed E-state index contributed by atoms with van der Waals surface area (Å²) in [5, 5.41) is 0. The Morgan fingerprint density at radius 1 is 1.10 bits per heavy atom. The summed E-state index contributed by atoms with van der Waals surface area (Å²) in [6, 6.07) is -0.283. The van der Waals surface area contributed by atoms with Gasteiger partial charge in [0.2, 0.25) is 0 Å². The molecule has 1 unspecified atom stereocenters. The molecule has 7 heteroatoms. The maximum atomic E-state index is 12.6. The summed E-state index contributed by atoms with van der Waals surface area (Å²) in [6.45, 7) is 0.772. The summed E-state index contributed by atoms with van der Waals surface area (Å²) in [7, 11) is 0. The van der Waals surface area contributed by atoms with Crippen molar-refractivity contribution in [2.45, 2.75) is 70.3 Å². The van der Waals surface area contributed by atoms with Crippen LogP contribution in [0.1, 0.15) is 51.9 Å². The molecule has 0 saturated carbocycles. The molecular weight excluding hydrogens is 276 g/mol. The predicted molar refractivity (Wildman–Crippen MR) is 70.9 cm³/mol. The van der Waals surface area contributed by atoms with Crippen LogP contribution < -0.4 is 11.3 Å². The lowest BCUT2D eigenvalue weighted by atomic mass is 10.1. The van der Waals surface area contributed by atoms with Crippen molar-refractivity contribution < 1.29 is 22.3 Å². The summed E-state index contributed by atoms with van der Waals surface area (Å²) < 4.78 is 53.6. The van der Waals surface area contributed by atoms with Crippen molar-refractivity contribution in [3.63, 3.8) is 0 Å². The van der Waals surface area contributed by atoms with E-state index >= 15 is 0 Å². The molecule has 0 fully saturated rings. The number of unbranched alkanes of at least 4 members (excludes halogenated alkanes) is 5. The summed E-state index contributed by atoms with van der Waals surface area (Å²) in [6.07, 6.45) is 3.65. The number of nitrogens with one attached hydrogen (secondary N) is 1. The summed E-state index contributed by atoms with van der Waals surface area (Å²) in [5.74, 6) is 1.18. The minimum Gasteiger partial charge on any atom is -0.373 e. The second kappa shape index (κ2) is 11.3. The lowest BCUT2D eigenvalue weighted by molar-refractivity contribution is -0.167. The highest BCUT2D eigenvalue weighted by molar-refractivity contribution is 4.69. The molecule has 0 aliphatic heterocycles. The molecule has 0 heterocycles. The molecule has 1 atom stereocenters. The van der Waals surface area contributed by atoms with Gasteiger partial charge in [0.15, 0.2) is 0 Å². The van der Waals surface area contributed by atoms with Gasteiger partial charge in [0.25, 0.3) is 0 Å². The van der Waals surface area contributed by atoms with Crippen LogP contribution in [0, 0.1) is 0 Å². The summed E-state index contributed by atoms with van der Waals surface area (Å²) in [5.41, 5.74) is 2.46. The standard InChI is InChI=1S/C13H26F4N2O/c1-2-3-4-5-6-7-8-11(19-18)9-20-10-13(16,17)12(14)15/h11-12,19H,2-10,18H2,1H3. The van der Waals surface area contributed by atoms with Gasteiger partial charge in [0, 0.05) is 6.04 Å². The molecular formula is C13H26F4N2O. The maximum Gasteiger partial charge on any atom is 0.330 e. The molecule has 122 valence electrons. The van der Waals surface area contributed by atoms with Crippen molar-refractivity contribution in [2.75, 3.05) is 13.2 Å². The highest BCUT2D eigenvalue weighted by atomic mass is 19.3. The Balaban J connectivity index is 3.66. The Morgan fingerprint density at radius 2 is 1.70 bits per heavy atom. The van der Waals surface area contributed by atoms with Crippen LogP contribution in [0.4, 0.5) is 17.6 Å². The predicted octanol–water partition coefficient (Wildman–Crippen LogP) is 3.49. The molecule has 20 heavy (non-hydrogen) atoms. The van der Waals surface area contributed by atoms with Gasteiger partial charge >= 0.3 is 12.3 Å². The maximum absolute atomic E-state index is 12.6. The van der Waals surface area contributed by atoms with E-state index in [0.717, 1.165) is 19.3 Å². The monoisotopic (exact) mass is 302 g/mol. The minimum atomic E-state index is -4.10. The van der Waals surface area contributed by atoms with E-state index in [0.29, 0.717) is 6.42 Å². The number of halogens is 4. The number of alkyl halides is 4. The topological polar surface area (TPSA) is 47.3 Å². The Bertz CT molecular complexity index is 230. The molecule has 0 aliphatic carbocycles. The highest BCUT2D eigenvalue weighted by Gasteiger charge is 2.41. The normalized spacial score (nSPS) is 13.9. The number of rotatable bonds is 13. The Hall–Kier alpha value is -0.400. The van der Waals surface area contributed by atoms with Gasteiger partial charge in [-0.2, -0.15) is 8.78 Å². The number of hydrogen-bond acceptors (Lipinski definition) is 3. The fraction of sp³-hybridized carbons (Fsp3) is 1.00. The van der Waals surface area contributed by atoms with Crippen molar-refractivity contribution in [2.24, 2.45) is 5.84 Å². The third-order valence-corrected chi connectivity index (χ3v) is 3.07. The fourth-order valence-electron chi connectivity index (χ4n) is 1.79. The van der Waals surface area contributed by atoms with Gasteiger partial charge in [0.1, 0.15) is 6.61 Å². The number of ether oxygens (including phenoxy) is 1. The van der Waals surface area contributed by atoms with Crippen LogP contribution in [-0.4, -0.2) is 31.6 Å². The molecule has 0 aliphatic rings. The number of hydrogen-bond donors (Lipinski definition) is 2. The molecule has 0 aromatic carbocycles. The van der Waals surface area contributed by atoms with Crippen LogP contribution in [0.25, 0.3) is 0 Å². The fourth-order valence-corrected chi connectivity index (χ4v) is 1.79. The molecule has 0 amide bonds. The van der Waals surface area contributed by atoms with Gasteiger partial charge in [-0.25, -0.2) is 8.78 Å². The molecule has 0 saturated heterocycles. The van der Waals surface area contributed by atoms with E-state index in [-0.39, 0.29) is 12.6 Å². The summed E-state index contributed by atoms with van der Waals surface area (Å²) in [4.78, 5) is 0. The second-order valence-electron chi connectivity index (χ2n) is 5.00. The van der Waals surface area contributed by atoms with Crippen molar-refractivity contribution in [1.29, 1.82) is 0 Å². The van der Waals surface area contributed by atoms with E-state index < -0.39 is 19.0 Å². The Labute approximate surface area is 118 Å². The third-order valence-electron chi connectivity index (χ3n) is 3.07. The molecule has 0 aromatic heterocycles. The lowest BCUT2D eigenvalue weighted by Crippen LogP contribution is -2.40. The van der Waals surface area contributed by atoms with Gasteiger partial charge in [-0.3, -0.25) is 11.3 Å². The second-order valence-corrected chi connectivity index (χ2v) is 5.00. The van der Waals surface area contributed by atoms with Crippen molar-refractivity contribution in [3.05, 3.63) is 0 Å². The van der Waals surface area contributed by atoms with Crippen molar-refractivity contribution in [1.82, 2.24) is 5.43 Å². The molecule has 3 nitrogen and oxygen atoms in total. The molecule has 3 N–H and O–H groups in total. The smallest absolute Gasteiger partial charge is 0.330 e. The van der Waals surface area contributed by atoms with Crippen LogP contribution in [0.15, 0.2) is 0 Å². The van der Waals surface area contributed by atoms with Crippen LogP contribution in [0.2, 0.25) is 0 Å². The zero-order valence-corrected chi connectivity index (χ0v) is 12.0. The summed E-state index contributed by atoms with van der Waals surface area (Å²) >= 11 is 0. The average molecular weight is 302 g/mol. The largest absolute Gasteiger partial charge is 0.373 e. The lowest BCUT2D eigenvalue weighted by Gasteiger charge is -2.19. The molecule has 0 spiro atoms. The molecule has 0 rings (SSSR count). The van der Waals surface area contributed by atoms with E-state index in [1.807, 2.05) is 0 Å². The van der Waals surface area contributed by atoms with E-state index in [4.69, 9.17) is 5.84 Å². The first-order valence-corrected chi connectivity index (χ1v) is 7.13. The van der Waals surface area contributed by atoms with E-state index in [1.54, 1.807) is 0 Å².